The smallest absolute Gasteiger partial charge is 0.321 e. The normalized spacial score (nSPS) is 16.3. The second-order valence-electron chi connectivity index (χ2n) is 6.75. The third-order valence-corrected chi connectivity index (χ3v) is 5.77. The number of thioether (sulfide) groups is 1. The Morgan fingerprint density at radius 1 is 1.10 bits per heavy atom. The average molecular weight is 446 g/mol. The minimum Gasteiger partial charge on any atom is -0.334 e. The first kappa shape index (κ1) is 20.4. The van der Waals surface area contributed by atoms with Gasteiger partial charge in [-0.2, -0.15) is 0 Å². The van der Waals surface area contributed by atoms with Gasteiger partial charge < -0.3 is 5.32 Å². The van der Waals surface area contributed by atoms with Crippen LogP contribution in [0.3, 0.4) is 0 Å². The molecule has 4 rings (SSSR count). The van der Waals surface area contributed by atoms with Gasteiger partial charge in [-0.1, -0.05) is 35.5 Å². The molecule has 1 aliphatic rings. The zero-order valence-corrected chi connectivity index (χ0v) is 17.2. The summed E-state index contributed by atoms with van der Waals surface area (Å²) in [4.78, 5) is 23.3. The van der Waals surface area contributed by atoms with Crippen molar-refractivity contribution in [1.82, 2.24) is 25.4 Å². The van der Waals surface area contributed by atoms with Crippen molar-refractivity contribution in [2.75, 3.05) is 0 Å². The van der Waals surface area contributed by atoms with E-state index >= 15 is 0 Å². The summed E-state index contributed by atoms with van der Waals surface area (Å²) in [7, 11) is 0. The number of nitrogens with one attached hydrogen (secondary N) is 2. The van der Waals surface area contributed by atoms with E-state index in [0.29, 0.717) is 28.2 Å². The molecule has 2 N–H and O–H groups in total. The minimum atomic E-state index is -0.514. The Bertz CT molecular complexity index is 1060. The quantitative estimate of drug-likeness (QED) is 0.567. The number of aromatic nitrogens is 3. The van der Waals surface area contributed by atoms with Crippen molar-refractivity contribution < 1.29 is 14.0 Å². The van der Waals surface area contributed by atoms with Gasteiger partial charge in [0.15, 0.2) is 5.16 Å². The van der Waals surface area contributed by atoms with Crippen LogP contribution in [0.15, 0.2) is 53.7 Å². The average Bonchev–Trinajstić information content (AvgIpc) is 3.10. The SMILES string of the molecule is O=C1CC(Cc2nnc(SCc3ccc(F)cc3)n2-c2ccc(Cl)cc2)NC(=O)N1. The van der Waals surface area contributed by atoms with Crippen molar-refractivity contribution in [3.63, 3.8) is 0 Å². The molecule has 1 atom stereocenters. The summed E-state index contributed by atoms with van der Waals surface area (Å²) in [5, 5.41) is 14.8. The van der Waals surface area contributed by atoms with Crippen LogP contribution in [0.5, 0.6) is 0 Å². The van der Waals surface area contributed by atoms with Crippen molar-refractivity contribution in [2.24, 2.45) is 0 Å². The highest BCUT2D eigenvalue weighted by molar-refractivity contribution is 7.98. The molecule has 0 bridgehead atoms. The summed E-state index contributed by atoms with van der Waals surface area (Å²) in [6.07, 6.45) is 0.503. The number of rotatable bonds is 6. The summed E-state index contributed by atoms with van der Waals surface area (Å²) >= 11 is 7.48. The van der Waals surface area contributed by atoms with E-state index in [1.54, 1.807) is 24.3 Å². The molecule has 7 nitrogen and oxygen atoms in total. The lowest BCUT2D eigenvalue weighted by Gasteiger charge is -2.23. The van der Waals surface area contributed by atoms with Gasteiger partial charge in [0.2, 0.25) is 5.91 Å². The number of hydrogen-bond donors (Lipinski definition) is 2. The standard InChI is InChI=1S/C20H17ClFN5O2S/c21-13-3-7-16(8-4-13)27-17(9-15-10-18(28)24-19(29)23-15)25-26-20(27)30-11-12-1-5-14(22)6-2-12/h1-8,15H,9-11H2,(H2,23,24,28,29). The van der Waals surface area contributed by atoms with Gasteiger partial charge in [-0.05, 0) is 42.0 Å². The topological polar surface area (TPSA) is 88.9 Å². The maximum absolute atomic E-state index is 13.1. The Kier molecular flexibility index (Phi) is 6.01. The number of nitrogens with zero attached hydrogens (tertiary/aromatic N) is 3. The van der Waals surface area contributed by atoms with E-state index in [2.05, 4.69) is 20.8 Å². The van der Waals surface area contributed by atoms with Gasteiger partial charge in [-0.3, -0.25) is 14.7 Å². The maximum atomic E-state index is 13.1. The predicted octanol–water partition coefficient (Wildman–Crippen LogP) is 3.49. The number of halogens is 2. The Labute approximate surface area is 181 Å². The Hall–Kier alpha value is -2.91. The molecule has 1 saturated heterocycles. The highest BCUT2D eigenvalue weighted by atomic mass is 35.5. The Balaban J connectivity index is 1.61. The van der Waals surface area contributed by atoms with Crippen LogP contribution in [-0.2, 0) is 17.0 Å². The molecular formula is C20H17ClFN5O2S. The number of hydrogen-bond acceptors (Lipinski definition) is 5. The molecule has 0 spiro atoms. The summed E-state index contributed by atoms with van der Waals surface area (Å²) in [5.74, 6) is 0.578. The van der Waals surface area contributed by atoms with E-state index in [1.807, 2.05) is 16.7 Å². The van der Waals surface area contributed by atoms with Gasteiger partial charge in [-0.15, -0.1) is 10.2 Å². The van der Waals surface area contributed by atoms with Crippen molar-refractivity contribution in [2.45, 2.75) is 29.8 Å². The van der Waals surface area contributed by atoms with E-state index < -0.39 is 6.03 Å². The molecule has 0 radical (unpaired) electrons. The molecule has 3 amide bonds. The van der Waals surface area contributed by atoms with Crippen LogP contribution in [0.1, 0.15) is 17.8 Å². The molecule has 1 unspecified atom stereocenters. The molecule has 2 aromatic carbocycles. The lowest BCUT2D eigenvalue weighted by molar-refractivity contribution is -0.121. The Morgan fingerprint density at radius 3 is 2.53 bits per heavy atom. The van der Waals surface area contributed by atoms with Crippen LogP contribution >= 0.6 is 23.4 Å². The predicted molar refractivity (Wildman–Crippen MR) is 111 cm³/mol. The second kappa shape index (κ2) is 8.85. The Morgan fingerprint density at radius 2 is 1.83 bits per heavy atom. The number of amides is 3. The third kappa shape index (κ3) is 4.80. The minimum absolute atomic E-state index is 0.164. The summed E-state index contributed by atoms with van der Waals surface area (Å²) in [5.41, 5.74) is 1.76. The van der Waals surface area contributed by atoms with E-state index in [9.17, 15) is 14.0 Å². The van der Waals surface area contributed by atoms with E-state index in [0.717, 1.165) is 11.3 Å². The maximum Gasteiger partial charge on any atom is 0.321 e. The number of urea groups is 1. The number of carbonyl (C=O) groups is 2. The molecule has 0 aliphatic carbocycles. The first-order chi connectivity index (χ1) is 14.5. The van der Waals surface area contributed by atoms with Crippen LogP contribution in [-0.4, -0.2) is 32.7 Å². The van der Waals surface area contributed by atoms with Gasteiger partial charge >= 0.3 is 6.03 Å². The molecule has 1 aromatic heterocycles. The first-order valence-corrected chi connectivity index (χ1v) is 10.5. The van der Waals surface area contributed by atoms with Crippen molar-refractivity contribution in [1.29, 1.82) is 0 Å². The second-order valence-corrected chi connectivity index (χ2v) is 8.13. The molecule has 1 fully saturated rings. The van der Waals surface area contributed by atoms with E-state index in [1.165, 1.54) is 23.9 Å². The van der Waals surface area contributed by atoms with Crippen LogP contribution in [0.25, 0.3) is 5.69 Å². The number of carbonyl (C=O) groups excluding carboxylic acids is 2. The fourth-order valence-corrected chi connectivity index (χ4v) is 4.17. The molecule has 0 saturated carbocycles. The van der Waals surface area contributed by atoms with Gasteiger partial charge in [0.25, 0.3) is 0 Å². The van der Waals surface area contributed by atoms with Crippen LogP contribution in [0.4, 0.5) is 9.18 Å². The fourth-order valence-electron chi connectivity index (χ4n) is 3.12. The monoisotopic (exact) mass is 445 g/mol. The summed E-state index contributed by atoms with van der Waals surface area (Å²) < 4.78 is 15.0. The highest BCUT2D eigenvalue weighted by Gasteiger charge is 2.26. The van der Waals surface area contributed by atoms with Crippen LogP contribution in [0.2, 0.25) is 5.02 Å². The number of imide groups is 1. The zero-order chi connectivity index (χ0) is 21.1. The lowest BCUT2D eigenvalue weighted by Crippen LogP contribution is -2.53. The van der Waals surface area contributed by atoms with Crippen LogP contribution < -0.4 is 10.6 Å². The third-order valence-electron chi connectivity index (χ3n) is 4.52. The van der Waals surface area contributed by atoms with Gasteiger partial charge in [-0.25, -0.2) is 9.18 Å². The van der Waals surface area contributed by atoms with Gasteiger partial charge in [0, 0.05) is 35.3 Å². The van der Waals surface area contributed by atoms with Crippen molar-refractivity contribution >= 4 is 35.3 Å². The number of benzene rings is 2. The zero-order valence-electron chi connectivity index (χ0n) is 15.6. The van der Waals surface area contributed by atoms with E-state index in [4.69, 9.17) is 11.6 Å². The molecule has 154 valence electrons. The largest absolute Gasteiger partial charge is 0.334 e. The molecule has 1 aliphatic heterocycles. The van der Waals surface area contributed by atoms with Crippen molar-refractivity contribution in [3.05, 3.63) is 70.8 Å². The summed E-state index contributed by atoms with van der Waals surface area (Å²) in [6, 6.07) is 12.6. The molecule has 3 aromatic rings. The van der Waals surface area contributed by atoms with Gasteiger partial charge in [0.05, 0.1) is 0 Å². The molecular weight excluding hydrogens is 429 g/mol. The summed E-state index contributed by atoms with van der Waals surface area (Å²) in [6.45, 7) is 0. The van der Waals surface area contributed by atoms with Gasteiger partial charge in [0.1, 0.15) is 11.6 Å². The van der Waals surface area contributed by atoms with E-state index in [-0.39, 0.29) is 24.2 Å². The van der Waals surface area contributed by atoms with Crippen LogP contribution in [0, 0.1) is 5.82 Å². The molecule has 30 heavy (non-hydrogen) atoms. The van der Waals surface area contributed by atoms with Crippen molar-refractivity contribution in [3.8, 4) is 5.69 Å². The molecule has 10 heteroatoms. The fraction of sp³-hybridized carbons (Fsp3) is 0.200. The lowest BCUT2D eigenvalue weighted by atomic mass is 10.1. The highest BCUT2D eigenvalue weighted by Crippen LogP contribution is 2.27. The molecule has 2 heterocycles. The first-order valence-electron chi connectivity index (χ1n) is 9.16.